The molecule has 0 saturated carbocycles. The first-order valence-corrected chi connectivity index (χ1v) is 10.3. The molecule has 0 bridgehead atoms. The van der Waals surface area contributed by atoms with Crippen molar-refractivity contribution >= 4 is 18.3 Å². The standard InChI is InChI=1S/C22H26N6O.ClH/c1-15-6-8-16(9-7-15)28-18-5-3-4-17(18)20(25-28)22(29)27-13-10-23-14-19(27)21-24-11-12-26(21)2;/h6-9,11-12,19,23H,3-5,10,13-14H2,1-2H3;1H. The van der Waals surface area contributed by atoms with Gasteiger partial charge in [0.05, 0.1) is 5.69 Å². The zero-order valence-electron chi connectivity index (χ0n) is 17.3. The first-order chi connectivity index (χ1) is 14.1. The molecule has 2 aliphatic rings. The molecule has 2 aromatic heterocycles. The summed E-state index contributed by atoms with van der Waals surface area (Å²) in [6, 6.07) is 8.26. The van der Waals surface area contributed by atoms with E-state index in [4.69, 9.17) is 5.10 Å². The number of hydrogen-bond acceptors (Lipinski definition) is 4. The van der Waals surface area contributed by atoms with Crippen molar-refractivity contribution in [3.8, 4) is 5.69 Å². The number of piperazine rings is 1. The molecule has 158 valence electrons. The van der Waals surface area contributed by atoms with Crippen LogP contribution in [0.2, 0.25) is 0 Å². The number of nitrogens with zero attached hydrogens (tertiary/aromatic N) is 5. The number of aromatic nitrogens is 4. The fourth-order valence-corrected chi connectivity index (χ4v) is 4.52. The second-order valence-electron chi connectivity index (χ2n) is 7.99. The van der Waals surface area contributed by atoms with E-state index in [2.05, 4.69) is 41.5 Å². The summed E-state index contributed by atoms with van der Waals surface area (Å²) in [5, 5.41) is 8.23. The van der Waals surface area contributed by atoms with E-state index in [0.29, 0.717) is 18.8 Å². The molecule has 1 amide bonds. The van der Waals surface area contributed by atoms with Gasteiger partial charge in [0.2, 0.25) is 0 Å². The van der Waals surface area contributed by atoms with Gasteiger partial charge in [-0.05, 0) is 38.3 Å². The Bertz CT molecular complexity index is 1050. The van der Waals surface area contributed by atoms with E-state index in [-0.39, 0.29) is 24.4 Å². The third kappa shape index (κ3) is 3.42. The van der Waals surface area contributed by atoms with Crippen LogP contribution in [0.5, 0.6) is 0 Å². The number of imidazole rings is 1. The molecule has 1 aromatic carbocycles. The number of halogens is 1. The first-order valence-electron chi connectivity index (χ1n) is 10.3. The van der Waals surface area contributed by atoms with Crippen LogP contribution in [0, 0.1) is 6.92 Å². The number of aryl methyl sites for hydroxylation is 2. The lowest BCUT2D eigenvalue weighted by atomic mass is 10.1. The van der Waals surface area contributed by atoms with Gasteiger partial charge < -0.3 is 14.8 Å². The SMILES string of the molecule is Cc1ccc(-n2nc(C(=O)N3CCNCC3c3nccn3C)c3c2CCC3)cc1.Cl. The van der Waals surface area contributed by atoms with Crippen molar-refractivity contribution in [2.45, 2.75) is 32.2 Å². The fraction of sp³-hybridized carbons (Fsp3) is 0.409. The summed E-state index contributed by atoms with van der Waals surface area (Å²) >= 11 is 0. The average molecular weight is 427 g/mol. The zero-order chi connectivity index (χ0) is 20.0. The number of carbonyl (C=O) groups excluding carboxylic acids is 1. The van der Waals surface area contributed by atoms with Gasteiger partial charge in [-0.3, -0.25) is 4.79 Å². The molecule has 3 heterocycles. The van der Waals surface area contributed by atoms with Gasteiger partial charge in [-0.1, -0.05) is 17.7 Å². The van der Waals surface area contributed by atoms with Crippen molar-refractivity contribution in [2.24, 2.45) is 7.05 Å². The Hall–Kier alpha value is -2.64. The number of benzene rings is 1. The Morgan fingerprint density at radius 1 is 1.20 bits per heavy atom. The lowest BCUT2D eigenvalue weighted by molar-refractivity contribution is 0.0613. The third-order valence-electron chi connectivity index (χ3n) is 6.07. The van der Waals surface area contributed by atoms with E-state index in [9.17, 15) is 4.79 Å². The smallest absolute Gasteiger partial charge is 0.275 e. The minimum Gasteiger partial charge on any atom is -0.336 e. The summed E-state index contributed by atoms with van der Waals surface area (Å²) in [4.78, 5) is 20.1. The molecular weight excluding hydrogens is 400 g/mol. The highest BCUT2D eigenvalue weighted by Gasteiger charge is 2.35. The molecule has 8 heteroatoms. The third-order valence-corrected chi connectivity index (χ3v) is 6.07. The Morgan fingerprint density at radius 3 is 2.73 bits per heavy atom. The Balaban J connectivity index is 0.00000218. The molecule has 1 atom stereocenters. The summed E-state index contributed by atoms with van der Waals surface area (Å²) < 4.78 is 3.97. The lowest BCUT2D eigenvalue weighted by Crippen LogP contribution is -2.49. The second-order valence-corrected chi connectivity index (χ2v) is 7.99. The summed E-state index contributed by atoms with van der Waals surface area (Å²) in [5.41, 5.74) is 5.15. The van der Waals surface area contributed by atoms with E-state index in [0.717, 1.165) is 42.9 Å². The highest BCUT2D eigenvalue weighted by molar-refractivity contribution is 5.94. The van der Waals surface area contributed by atoms with Crippen molar-refractivity contribution in [2.75, 3.05) is 19.6 Å². The topological polar surface area (TPSA) is 68.0 Å². The minimum atomic E-state index is -0.0853. The van der Waals surface area contributed by atoms with Crippen LogP contribution >= 0.6 is 12.4 Å². The van der Waals surface area contributed by atoms with Crippen molar-refractivity contribution < 1.29 is 4.79 Å². The molecule has 1 saturated heterocycles. The molecule has 7 nitrogen and oxygen atoms in total. The predicted octanol–water partition coefficient (Wildman–Crippen LogP) is 2.61. The van der Waals surface area contributed by atoms with E-state index in [1.807, 2.05) is 27.4 Å². The maximum Gasteiger partial charge on any atom is 0.275 e. The molecule has 1 aliphatic carbocycles. The van der Waals surface area contributed by atoms with Crippen LogP contribution < -0.4 is 5.32 Å². The van der Waals surface area contributed by atoms with Gasteiger partial charge in [-0.2, -0.15) is 5.10 Å². The largest absolute Gasteiger partial charge is 0.336 e. The molecule has 5 rings (SSSR count). The monoisotopic (exact) mass is 426 g/mol. The van der Waals surface area contributed by atoms with Gasteiger partial charge in [0, 0.05) is 50.3 Å². The molecule has 1 fully saturated rings. The van der Waals surface area contributed by atoms with Crippen molar-refractivity contribution in [3.63, 3.8) is 0 Å². The van der Waals surface area contributed by atoms with Gasteiger partial charge in [-0.15, -0.1) is 12.4 Å². The molecule has 1 aliphatic heterocycles. The second kappa shape index (κ2) is 8.24. The number of rotatable bonds is 3. The van der Waals surface area contributed by atoms with Gasteiger partial charge in [0.15, 0.2) is 5.69 Å². The summed E-state index contributed by atoms with van der Waals surface area (Å²) in [6.45, 7) is 4.22. The Morgan fingerprint density at radius 2 is 2.00 bits per heavy atom. The summed E-state index contributed by atoms with van der Waals surface area (Å²) in [5.74, 6) is 0.920. The van der Waals surface area contributed by atoms with E-state index in [1.165, 1.54) is 11.3 Å². The van der Waals surface area contributed by atoms with Gasteiger partial charge in [-0.25, -0.2) is 9.67 Å². The van der Waals surface area contributed by atoms with Crippen LogP contribution in [0.4, 0.5) is 0 Å². The molecular formula is C22H27ClN6O. The highest BCUT2D eigenvalue weighted by atomic mass is 35.5. The van der Waals surface area contributed by atoms with Crippen molar-refractivity contribution in [1.29, 1.82) is 0 Å². The number of amides is 1. The molecule has 30 heavy (non-hydrogen) atoms. The average Bonchev–Trinajstić information content (AvgIpc) is 3.45. The first kappa shape index (κ1) is 20.6. The van der Waals surface area contributed by atoms with Crippen LogP contribution in [0.3, 0.4) is 0 Å². The summed E-state index contributed by atoms with van der Waals surface area (Å²) in [6.07, 6.45) is 6.67. The molecule has 1 unspecified atom stereocenters. The normalized spacial score (nSPS) is 18.2. The van der Waals surface area contributed by atoms with E-state index in [1.54, 1.807) is 6.20 Å². The van der Waals surface area contributed by atoms with E-state index < -0.39 is 0 Å². The van der Waals surface area contributed by atoms with E-state index >= 15 is 0 Å². The molecule has 3 aromatic rings. The van der Waals surface area contributed by atoms with Crippen molar-refractivity contribution in [1.82, 2.24) is 29.5 Å². The lowest BCUT2D eigenvalue weighted by Gasteiger charge is -2.35. The van der Waals surface area contributed by atoms with Crippen LogP contribution in [-0.4, -0.2) is 49.8 Å². The molecule has 0 radical (unpaired) electrons. The van der Waals surface area contributed by atoms with Crippen molar-refractivity contribution in [3.05, 3.63) is 65.0 Å². The minimum absolute atomic E-state index is 0. The number of nitrogens with one attached hydrogen (secondary N) is 1. The van der Waals surface area contributed by atoms with Crippen LogP contribution in [0.25, 0.3) is 5.69 Å². The fourth-order valence-electron chi connectivity index (χ4n) is 4.52. The quantitative estimate of drug-likeness (QED) is 0.699. The zero-order valence-corrected chi connectivity index (χ0v) is 18.2. The predicted molar refractivity (Wildman–Crippen MR) is 117 cm³/mol. The van der Waals surface area contributed by atoms with Gasteiger partial charge in [0.1, 0.15) is 11.9 Å². The number of carbonyl (C=O) groups is 1. The highest BCUT2D eigenvalue weighted by Crippen LogP contribution is 2.31. The maximum absolute atomic E-state index is 13.7. The summed E-state index contributed by atoms with van der Waals surface area (Å²) in [7, 11) is 1.98. The molecule has 1 N–H and O–H groups in total. The van der Waals surface area contributed by atoms with Gasteiger partial charge in [0.25, 0.3) is 5.91 Å². The van der Waals surface area contributed by atoms with Gasteiger partial charge >= 0.3 is 0 Å². The van der Waals surface area contributed by atoms with Crippen LogP contribution in [-0.2, 0) is 19.9 Å². The Labute approximate surface area is 182 Å². The Kier molecular flexibility index (Phi) is 5.66. The number of fused-ring (bicyclic) bond motifs is 1. The van der Waals surface area contributed by atoms with Crippen LogP contribution in [0.15, 0.2) is 36.7 Å². The van der Waals surface area contributed by atoms with Crippen LogP contribution in [0.1, 0.15) is 45.6 Å². The molecule has 0 spiro atoms. The maximum atomic E-state index is 13.7. The number of hydrogen-bond donors (Lipinski definition) is 1.